The lowest BCUT2D eigenvalue weighted by Crippen LogP contribution is -2.72. The molecule has 0 aromatic heterocycles. The molecule has 2 N–H and O–H groups in total. The van der Waals surface area contributed by atoms with Crippen LogP contribution in [0.2, 0.25) is 0 Å². The third-order valence-corrected chi connectivity index (χ3v) is 5.07. The van der Waals surface area contributed by atoms with Crippen molar-refractivity contribution < 1.29 is 4.74 Å². The summed E-state index contributed by atoms with van der Waals surface area (Å²) in [6, 6.07) is 0.996. The fraction of sp³-hybridized carbons (Fsp3) is 0.933. The van der Waals surface area contributed by atoms with Crippen molar-refractivity contribution in [2.45, 2.75) is 64.6 Å². The van der Waals surface area contributed by atoms with E-state index in [0.717, 1.165) is 19.1 Å². The monoisotopic (exact) mass is 393 g/mol. The Balaban J connectivity index is 0.00000147. The minimum atomic E-state index is 0. The summed E-state index contributed by atoms with van der Waals surface area (Å²) in [7, 11) is 0. The van der Waals surface area contributed by atoms with Gasteiger partial charge in [0.15, 0.2) is 5.96 Å². The molecule has 1 heterocycles. The second kappa shape index (κ2) is 6.38. The molecule has 3 aliphatic rings. The van der Waals surface area contributed by atoms with Crippen LogP contribution in [0.1, 0.15) is 46.5 Å². The van der Waals surface area contributed by atoms with Crippen LogP contribution in [0.5, 0.6) is 0 Å². The smallest absolute Gasteiger partial charge is 0.191 e. The van der Waals surface area contributed by atoms with E-state index < -0.39 is 0 Å². The van der Waals surface area contributed by atoms with E-state index in [1.54, 1.807) is 0 Å². The molecular formula is C15H28IN3O. The molecule has 1 aliphatic heterocycles. The molecule has 20 heavy (non-hydrogen) atoms. The summed E-state index contributed by atoms with van der Waals surface area (Å²) in [5.74, 6) is 1.69. The fourth-order valence-electron chi connectivity index (χ4n) is 4.17. The van der Waals surface area contributed by atoms with Gasteiger partial charge >= 0.3 is 0 Å². The Morgan fingerprint density at radius 2 is 2.15 bits per heavy atom. The molecule has 3 rings (SSSR count). The molecule has 4 nitrogen and oxygen atoms in total. The first kappa shape index (κ1) is 16.3. The lowest BCUT2D eigenvalue weighted by Gasteiger charge is -2.63. The van der Waals surface area contributed by atoms with Crippen molar-refractivity contribution in [3.05, 3.63) is 0 Å². The number of guanidine groups is 1. The van der Waals surface area contributed by atoms with E-state index in [4.69, 9.17) is 4.74 Å². The van der Waals surface area contributed by atoms with Crippen molar-refractivity contribution in [2.24, 2.45) is 16.3 Å². The molecule has 0 amide bonds. The number of fused-ring (bicyclic) bond motifs is 2. The molecule has 3 fully saturated rings. The summed E-state index contributed by atoms with van der Waals surface area (Å²) in [6.45, 7) is 8.19. The lowest BCUT2D eigenvalue weighted by atomic mass is 9.46. The number of nitrogens with zero attached hydrogens (tertiary/aromatic N) is 1. The Bertz CT molecular complexity index is 368. The van der Waals surface area contributed by atoms with Gasteiger partial charge in [0.05, 0.1) is 6.10 Å². The minimum Gasteiger partial charge on any atom is -0.377 e. The zero-order chi connectivity index (χ0) is 13.5. The van der Waals surface area contributed by atoms with Crippen molar-refractivity contribution >= 4 is 29.9 Å². The van der Waals surface area contributed by atoms with Crippen molar-refractivity contribution in [1.82, 2.24) is 10.6 Å². The number of ether oxygens (including phenoxy) is 1. The molecule has 3 unspecified atom stereocenters. The van der Waals surface area contributed by atoms with Gasteiger partial charge in [-0.25, -0.2) is 0 Å². The molecule has 0 radical (unpaired) electrons. The van der Waals surface area contributed by atoms with Crippen LogP contribution in [0.3, 0.4) is 0 Å². The van der Waals surface area contributed by atoms with E-state index in [1.807, 2.05) is 0 Å². The third kappa shape index (κ3) is 2.56. The van der Waals surface area contributed by atoms with Gasteiger partial charge in [-0.3, -0.25) is 4.99 Å². The van der Waals surface area contributed by atoms with Crippen LogP contribution in [0.25, 0.3) is 0 Å². The average Bonchev–Trinajstić information content (AvgIpc) is 2.68. The summed E-state index contributed by atoms with van der Waals surface area (Å²) in [6.07, 6.45) is 5.76. The maximum Gasteiger partial charge on any atom is 0.191 e. The van der Waals surface area contributed by atoms with Crippen molar-refractivity contribution in [3.8, 4) is 0 Å². The van der Waals surface area contributed by atoms with E-state index in [-0.39, 0.29) is 24.0 Å². The van der Waals surface area contributed by atoms with Crippen molar-refractivity contribution in [1.29, 1.82) is 0 Å². The third-order valence-electron chi connectivity index (χ3n) is 5.07. The topological polar surface area (TPSA) is 45.7 Å². The average molecular weight is 393 g/mol. The van der Waals surface area contributed by atoms with E-state index in [2.05, 4.69) is 36.4 Å². The van der Waals surface area contributed by atoms with Crippen molar-refractivity contribution in [3.63, 3.8) is 0 Å². The highest BCUT2D eigenvalue weighted by atomic mass is 127. The maximum absolute atomic E-state index is 5.96. The Morgan fingerprint density at radius 3 is 2.70 bits per heavy atom. The Hall–Kier alpha value is -0.0400. The van der Waals surface area contributed by atoms with Crippen LogP contribution < -0.4 is 10.6 Å². The van der Waals surface area contributed by atoms with Gasteiger partial charge in [-0.2, -0.15) is 0 Å². The van der Waals surface area contributed by atoms with Crippen LogP contribution >= 0.6 is 24.0 Å². The van der Waals surface area contributed by atoms with Gasteiger partial charge in [0.25, 0.3) is 0 Å². The van der Waals surface area contributed by atoms with Gasteiger partial charge in [0.1, 0.15) is 0 Å². The van der Waals surface area contributed by atoms with Gasteiger partial charge in [-0.1, -0.05) is 6.42 Å². The highest BCUT2D eigenvalue weighted by Gasteiger charge is 2.66. The molecule has 2 aliphatic carbocycles. The molecule has 0 aromatic rings. The zero-order valence-electron chi connectivity index (χ0n) is 12.8. The van der Waals surface area contributed by atoms with E-state index in [0.29, 0.717) is 29.5 Å². The van der Waals surface area contributed by atoms with Gasteiger partial charge in [-0.15, -0.1) is 24.0 Å². The number of halogens is 1. The molecule has 5 heteroatoms. The summed E-state index contributed by atoms with van der Waals surface area (Å²) < 4.78 is 5.96. The van der Waals surface area contributed by atoms with Crippen LogP contribution in [-0.2, 0) is 4.74 Å². The Morgan fingerprint density at radius 1 is 1.40 bits per heavy atom. The predicted octanol–water partition coefficient (Wildman–Crippen LogP) is 2.53. The molecule has 0 bridgehead atoms. The van der Waals surface area contributed by atoms with Crippen LogP contribution in [-0.4, -0.2) is 37.3 Å². The van der Waals surface area contributed by atoms with Crippen LogP contribution in [0.4, 0.5) is 0 Å². The fourth-order valence-corrected chi connectivity index (χ4v) is 4.17. The molecule has 0 aromatic carbocycles. The normalized spacial score (nSPS) is 34.0. The summed E-state index contributed by atoms with van der Waals surface area (Å²) in [5, 5.41) is 7.15. The lowest BCUT2D eigenvalue weighted by molar-refractivity contribution is -0.171. The predicted molar refractivity (Wildman–Crippen MR) is 92.7 cm³/mol. The highest BCUT2D eigenvalue weighted by Crippen LogP contribution is 2.62. The highest BCUT2D eigenvalue weighted by molar-refractivity contribution is 14.0. The first-order valence-corrected chi connectivity index (χ1v) is 7.86. The van der Waals surface area contributed by atoms with Crippen LogP contribution in [0.15, 0.2) is 4.99 Å². The zero-order valence-corrected chi connectivity index (χ0v) is 15.1. The standard InChI is InChI=1S/C15H27N3O.HI/c1-4-16-14(17-10(2)3)18-12-11-6-9-19-13(11)15(12)7-5-8-15;/h10-13H,4-9H2,1-3H3,(H2,16,17,18);1H. The Labute approximate surface area is 139 Å². The largest absolute Gasteiger partial charge is 0.377 e. The number of aliphatic imine (C=N–C) groups is 1. The summed E-state index contributed by atoms with van der Waals surface area (Å²) in [4.78, 5) is 4.58. The molecule has 116 valence electrons. The van der Waals surface area contributed by atoms with E-state index >= 15 is 0 Å². The van der Waals surface area contributed by atoms with Gasteiger partial charge < -0.3 is 15.4 Å². The maximum atomic E-state index is 5.96. The van der Waals surface area contributed by atoms with Gasteiger partial charge in [-0.05, 0) is 40.0 Å². The van der Waals surface area contributed by atoms with Crippen molar-refractivity contribution in [2.75, 3.05) is 13.2 Å². The second-order valence-corrected chi connectivity index (χ2v) is 6.57. The minimum absolute atomic E-state index is 0. The van der Waals surface area contributed by atoms with E-state index in [9.17, 15) is 0 Å². The summed E-state index contributed by atoms with van der Waals surface area (Å²) in [5.41, 5.74) is 0.425. The Kier molecular flexibility index (Phi) is 5.21. The number of hydrogen-bond donors (Lipinski definition) is 2. The van der Waals surface area contributed by atoms with E-state index in [1.165, 1.54) is 25.7 Å². The summed E-state index contributed by atoms with van der Waals surface area (Å²) >= 11 is 0. The molecule has 1 spiro atoms. The number of hydrogen-bond acceptors (Lipinski definition) is 2. The van der Waals surface area contributed by atoms with Gasteiger partial charge in [0.2, 0.25) is 0 Å². The first-order chi connectivity index (χ1) is 9.17. The van der Waals surface area contributed by atoms with Crippen LogP contribution in [0, 0.1) is 11.3 Å². The van der Waals surface area contributed by atoms with Gasteiger partial charge in [0, 0.05) is 36.6 Å². The quantitative estimate of drug-likeness (QED) is 0.440. The molecule has 3 atom stereocenters. The SMILES string of the molecule is CCN=C(NC(C)C)NC1C2CCOC2C12CCC2.I. The number of rotatable bonds is 3. The molecule has 1 saturated heterocycles. The molecule has 2 saturated carbocycles. The molecular weight excluding hydrogens is 365 g/mol. The second-order valence-electron chi connectivity index (χ2n) is 6.57. The number of nitrogens with one attached hydrogen (secondary N) is 2. The first-order valence-electron chi connectivity index (χ1n) is 7.86.